The number of carboxylic acid groups (broad SMARTS) is 1. The minimum Gasteiger partial charge on any atom is -0.493 e. The van der Waals surface area contributed by atoms with Gasteiger partial charge in [0.2, 0.25) is 0 Å². The molecule has 0 fully saturated rings. The van der Waals surface area contributed by atoms with Crippen LogP contribution in [0.3, 0.4) is 0 Å². The van der Waals surface area contributed by atoms with E-state index in [1.807, 2.05) is 30.0 Å². The van der Waals surface area contributed by atoms with Crippen molar-refractivity contribution in [2.75, 3.05) is 18.6 Å². The Hall–Kier alpha value is -3.48. The van der Waals surface area contributed by atoms with Gasteiger partial charge in [0, 0.05) is 17.4 Å². The lowest BCUT2D eigenvalue weighted by atomic mass is 10.1. The van der Waals surface area contributed by atoms with Crippen LogP contribution in [-0.2, 0) is 6.54 Å². The van der Waals surface area contributed by atoms with Crippen LogP contribution in [0, 0.1) is 0 Å². The van der Waals surface area contributed by atoms with Crippen molar-refractivity contribution in [3.05, 3.63) is 66.4 Å². The lowest BCUT2D eigenvalue weighted by molar-refractivity contribution is 0.0697. The number of methoxy groups -OCH3 is 1. The van der Waals surface area contributed by atoms with Crippen molar-refractivity contribution in [3.8, 4) is 11.5 Å². The van der Waals surface area contributed by atoms with Gasteiger partial charge in [-0.05, 0) is 43.3 Å². The van der Waals surface area contributed by atoms with E-state index in [0.717, 1.165) is 11.4 Å². The third-order valence-corrected chi connectivity index (χ3v) is 3.98. The number of aromatic nitrogens is 1. The second kappa shape index (κ2) is 8.27. The Morgan fingerprint density at radius 1 is 1.15 bits per heavy atom. The number of hydrogen-bond acceptors (Lipinski definition) is 6. The Kier molecular flexibility index (Phi) is 5.61. The molecule has 0 saturated heterocycles. The zero-order chi connectivity index (χ0) is 19.2. The minimum atomic E-state index is -0.967. The molecule has 0 amide bonds. The number of carbonyl (C=O) groups is 1. The summed E-state index contributed by atoms with van der Waals surface area (Å²) in [5, 5.41) is 9.12. The molecular weight excluding hydrogens is 348 g/mol. The van der Waals surface area contributed by atoms with Crippen molar-refractivity contribution < 1.29 is 23.8 Å². The molecule has 27 heavy (non-hydrogen) atoms. The highest BCUT2D eigenvalue weighted by atomic mass is 16.5. The van der Waals surface area contributed by atoms with Crippen LogP contribution in [0.2, 0.25) is 0 Å². The number of nitrogens with zero attached hydrogens (tertiary/aromatic N) is 2. The summed E-state index contributed by atoms with van der Waals surface area (Å²) < 4.78 is 16.4. The monoisotopic (exact) mass is 368 g/mol. The Bertz CT molecular complexity index is 891. The van der Waals surface area contributed by atoms with Crippen molar-refractivity contribution in [1.82, 2.24) is 4.98 Å². The predicted molar refractivity (Wildman–Crippen MR) is 99.9 cm³/mol. The summed E-state index contributed by atoms with van der Waals surface area (Å²) in [6, 6.07) is 12.3. The fourth-order valence-corrected chi connectivity index (χ4v) is 2.69. The molecule has 0 saturated carbocycles. The van der Waals surface area contributed by atoms with Crippen LogP contribution >= 0.6 is 0 Å². The van der Waals surface area contributed by atoms with E-state index in [1.165, 1.54) is 6.39 Å². The molecule has 140 valence electrons. The van der Waals surface area contributed by atoms with Gasteiger partial charge in [0.25, 0.3) is 0 Å². The maximum atomic E-state index is 11.1. The lowest BCUT2D eigenvalue weighted by Gasteiger charge is -2.25. The molecule has 0 aliphatic carbocycles. The molecule has 1 heterocycles. The molecule has 2 aromatic carbocycles. The first-order valence-electron chi connectivity index (χ1n) is 8.41. The predicted octanol–water partition coefficient (Wildman–Crippen LogP) is 4.12. The van der Waals surface area contributed by atoms with Gasteiger partial charge >= 0.3 is 5.97 Å². The van der Waals surface area contributed by atoms with E-state index < -0.39 is 5.97 Å². The number of rotatable bonds is 8. The Balaban J connectivity index is 2.00. The first kappa shape index (κ1) is 18.3. The fraction of sp³-hybridized carbons (Fsp3) is 0.200. The van der Waals surface area contributed by atoms with Crippen molar-refractivity contribution >= 4 is 17.3 Å². The van der Waals surface area contributed by atoms with Crippen LogP contribution in [0.15, 0.2) is 59.5 Å². The molecule has 0 radical (unpaired) electrons. The van der Waals surface area contributed by atoms with Crippen molar-refractivity contribution in [2.24, 2.45) is 0 Å². The molecular formula is C20H20N2O5. The Morgan fingerprint density at radius 2 is 1.89 bits per heavy atom. The van der Waals surface area contributed by atoms with Gasteiger partial charge in [-0.3, -0.25) is 0 Å². The third kappa shape index (κ3) is 4.20. The summed E-state index contributed by atoms with van der Waals surface area (Å²) in [6.45, 7) is 2.87. The summed E-state index contributed by atoms with van der Waals surface area (Å²) >= 11 is 0. The van der Waals surface area contributed by atoms with E-state index in [4.69, 9.17) is 19.0 Å². The molecule has 0 aliphatic heterocycles. The normalized spacial score (nSPS) is 10.4. The first-order valence-corrected chi connectivity index (χ1v) is 8.41. The van der Waals surface area contributed by atoms with Gasteiger partial charge in [-0.15, -0.1) is 0 Å². The summed E-state index contributed by atoms with van der Waals surface area (Å²) in [5.74, 6) is 0.972. The molecule has 1 aromatic heterocycles. The maximum Gasteiger partial charge on any atom is 0.335 e. The summed E-state index contributed by atoms with van der Waals surface area (Å²) in [5.41, 5.74) is 1.88. The second-order valence-electron chi connectivity index (χ2n) is 5.67. The van der Waals surface area contributed by atoms with Crippen molar-refractivity contribution in [2.45, 2.75) is 13.5 Å². The molecule has 0 unspecified atom stereocenters. The summed E-state index contributed by atoms with van der Waals surface area (Å²) in [6.07, 6.45) is 3.02. The van der Waals surface area contributed by atoms with Gasteiger partial charge in [-0.1, -0.05) is 0 Å². The Morgan fingerprint density at radius 3 is 2.48 bits per heavy atom. The molecule has 3 rings (SSSR count). The molecule has 0 bridgehead atoms. The van der Waals surface area contributed by atoms with Gasteiger partial charge in [0.15, 0.2) is 17.9 Å². The highest BCUT2D eigenvalue weighted by molar-refractivity contribution is 5.88. The number of benzene rings is 2. The van der Waals surface area contributed by atoms with Crippen LogP contribution < -0.4 is 14.4 Å². The van der Waals surface area contributed by atoms with Crippen LogP contribution in [0.5, 0.6) is 11.5 Å². The minimum absolute atomic E-state index is 0.225. The average molecular weight is 368 g/mol. The van der Waals surface area contributed by atoms with Crippen LogP contribution in [-0.4, -0.2) is 29.8 Å². The Labute approximate surface area is 156 Å². The highest BCUT2D eigenvalue weighted by Crippen LogP contribution is 2.35. The van der Waals surface area contributed by atoms with E-state index in [2.05, 4.69) is 4.98 Å². The number of ether oxygens (including phenoxy) is 2. The van der Waals surface area contributed by atoms with Gasteiger partial charge in [0.1, 0.15) is 5.76 Å². The molecule has 0 spiro atoms. The smallest absolute Gasteiger partial charge is 0.335 e. The number of aromatic carboxylic acids is 1. The quantitative estimate of drug-likeness (QED) is 0.640. The van der Waals surface area contributed by atoms with E-state index in [0.29, 0.717) is 30.4 Å². The van der Waals surface area contributed by atoms with Gasteiger partial charge in [-0.2, -0.15) is 0 Å². The van der Waals surface area contributed by atoms with Gasteiger partial charge in [-0.25, -0.2) is 9.78 Å². The van der Waals surface area contributed by atoms with Crippen molar-refractivity contribution in [1.29, 1.82) is 0 Å². The topological polar surface area (TPSA) is 85.0 Å². The van der Waals surface area contributed by atoms with Gasteiger partial charge < -0.3 is 23.9 Å². The summed E-state index contributed by atoms with van der Waals surface area (Å²) in [7, 11) is 1.59. The molecule has 3 aromatic rings. The molecule has 1 N–H and O–H groups in total. The van der Waals surface area contributed by atoms with E-state index >= 15 is 0 Å². The number of hydrogen-bond donors (Lipinski definition) is 1. The molecule has 7 nitrogen and oxygen atoms in total. The SMILES string of the molecule is CCOc1ccc(N(Cc2cnco2)c2ccc(C(=O)O)cc2)cc1OC. The second-order valence-corrected chi connectivity index (χ2v) is 5.67. The van der Waals surface area contributed by atoms with E-state index in [-0.39, 0.29) is 5.56 Å². The van der Waals surface area contributed by atoms with Crippen LogP contribution in [0.25, 0.3) is 0 Å². The van der Waals surface area contributed by atoms with Crippen LogP contribution in [0.1, 0.15) is 23.0 Å². The third-order valence-electron chi connectivity index (χ3n) is 3.98. The standard InChI is InChI=1S/C20H20N2O5/c1-3-26-18-9-8-16(10-19(18)25-2)22(12-17-11-21-13-27-17)15-6-4-14(5-7-15)20(23)24/h4-11,13H,3,12H2,1-2H3,(H,23,24). The summed E-state index contributed by atoms with van der Waals surface area (Å²) in [4.78, 5) is 17.1. The number of carboxylic acids is 1. The molecule has 7 heteroatoms. The molecule has 0 aliphatic rings. The van der Waals surface area contributed by atoms with Crippen LogP contribution in [0.4, 0.5) is 11.4 Å². The van der Waals surface area contributed by atoms with Gasteiger partial charge in [0.05, 0.1) is 32.0 Å². The van der Waals surface area contributed by atoms with E-state index in [1.54, 1.807) is 37.6 Å². The molecule has 0 atom stereocenters. The maximum absolute atomic E-state index is 11.1. The average Bonchev–Trinajstić information content (AvgIpc) is 3.20. The number of oxazole rings is 1. The van der Waals surface area contributed by atoms with Crippen molar-refractivity contribution in [3.63, 3.8) is 0 Å². The highest BCUT2D eigenvalue weighted by Gasteiger charge is 2.16. The number of anilines is 2. The van der Waals surface area contributed by atoms with E-state index in [9.17, 15) is 4.79 Å². The largest absolute Gasteiger partial charge is 0.493 e. The zero-order valence-corrected chi connectivity index (χ0v) is 15.1. The first-order chi connectivity index (χ1) is 13.1. The fourth-order valence-electron chi connectivity index (χ4n) is 2.69. The lowest BCUT2D eigenvalue weighted by Crippen LogP contribution is -2.16. The zero-order valence-electron chi connectivity index (χ0n) is 15.1.